The highest BCUT2D eigenvalue weighted by atomic mass is 16.3. The van der Waals surface area contributed by atoms with Crippen molar-refractivity contribution in [2.45, 2.75) is 31.8 Å². The fourth-order valence-electron chi connectivity index (χ4n) is 2.56. The molecule has 4 nitrogen and oxygen atoms in total. The van der Waals surface area contributed by atoms with Crippen LogP contribution in [0.3, 0.4) is 0 Å². The van der Waals surface area contributed by atoms with Gasteiger partial charge in [-0.2, -0.15) is 0 Å². The van der Waals surface area contributed by atoms with Gasteiger partial charge < -0.3 is 5.11 Å². The van der Waals surface area contributed by atoms with Crippen molar-refractivity contribution >= 4 is 0 Å². The number of rotatable bonds is 4. The summed E-state index contributed by atoms with van der Waals surface area (Å²) < 4.78 is 0. The zero-order valence-corrected chi connectivity index (χ0v) is 9.79. The minimum absolute atomic E-state index is 0.189. The van der Waals surface area contributed by atoms with Crippen LogP contribution in [-0.4, -0.2) is 17.8 Å². The van der Waals surface area contributed by atoms with Crippen LogP contribution in [0.5, 0.6) is 0 Å². The molecular weight excluding hydrogens is 214 g/mol. The maximum Gasteiger partial charge on any atom is 0.0599 e. The van der Waals surface area contributed by atoms with E-state index >= 15 is 0 Å². The van der Waals surface area contributed by atoms with Gasteiger partial charge in [0.1, 0.15) is 0 Å². The monoisotopic (exact) mass is 231 g/mol. The molecule has 0 bridgehead atoms. The summed E-state index contributed by atoms with van der Waals surface area (Å²) in [6, 6.07) is 8.50. The van der Waals surface area contributed by atoms with E-state index in [9.17, 15) is 5.11 Å². The third-order valence-corrected chi connectivity index (χ3v) is 3.41. The molecular formula is C13H17N3O. The summed E-state index contributed by atoms with van der Waals surface area (Å²) in [6.07, 6.45) is 3.47. The fourth-order valence-corrected chi connectivity index (χ4v) is 2.56. The molecule has 1 aromatic rings. The number of nitrogens with zero attached hydrogens (tertiary/aromatic N) is 3. The molecule has 0 amide bonds. The highest BCUT2D eigenvalue weighted by molar-refractivity contribution is 5.29. The molecule has 2 atom stereocenters. The van der Waals surface area contributed by atoms with E-state index < -0.39 is 6.10 Å². The lowest BCUT2D eigenvalue weighted by Crippen LogP contribution is -2.21. The van der Waals surface area contributed by atoms with Gasteiger partial charge in [0.05, 0.1) is 12.6 Å². The molecule has 90 valence electrons. The van der Waals surface area contributed by atoms with Crippen molar-refractivity contribution in [1.29, 1.82) is 0 Å². The molecule has 0 heterocycles. The minimum atomic E-state index is -0.499. The van der Waals surface area contributed by atoms with E-state index in [-0.39, 0.29) is 6.54 Å². The number of hydrogen-bond acceptors (Lipinski definition) is 2. The third kappa shape index (κ3) is 3.22. The molecule has 0 spiro atoms. The lowest BCUT2D eigenvalue weighted by atomic mass is 9.81. The third-order valence-electron chi connectivity index (χ3n) is 3.41. The molecule has 4 heteroatoms. The second kappa shape index (κ2) is 5.71. The zero-order chi connectivity index (χ0) is 12.1. The van der Waals surface area contributed by atoms with E-state index in [0.717, 1.165) is 25.7 Å². The maximum absolute atomic E-state index is 9.72. The van der Waals surface area contributed by atoms with Crippen molar-refractivity contribution < 1.29 is 5.11 Å². The summed E-state index contributed by atoms with van der Waals surface area (Å²) in [4.78, 5) is 2.67. The number of hydrogen-bond donors (Lipinski definition) is 1. The molecule has 0 aliphatic heterocycles. The van der Waals surface area contributed by atoms with Gasteiger partial charge in [-0.3, -0.25) is 0 Å². The first-order chi connectivity index (χ1) is 8.29. The van der Waals surface area contributed by atoms with Gasteiger partial charge in [0, 0.05) is 4.91 Å². The van der Waals surface area contributed by atoms with Crippen LogP contribution in [0, 0.1) is 5.92 Å². The topological polar surface area (TPSA) is 69.0 Å². The number of fused-ring (bicyclic) bond motifs is 1. The van der Waals surface area contributed by atoms with Gasteiger partial charge in [-0.15, -0.1) is 0 Å². The predicted octanol–water partition coefficient (Wildman–Crippen LogP) is 2.85. The van der Waals surface area contributed by atoms with Crippen LogP contribution in [0.4, 0.5) is 0 Å². The molecule has 1 N–H and O–H groups in total. The van der Waals surface area contributed by atoms with E-state index in [4.69, 9.17) is 5.53 Å². The van der Waals surface area contributed by atoms with E-state index in [1.165, 1.54) is 11.1 Å². The van der Waals surface area contributed by atoms with E-state index in [2.05, 4.69) is 34.3 Å². The fraction of sp³-hybridized carbons (Fsp3) is 0.538. The molecule has 0 fully saturated rings. The molecule has 0 saturated heterocycles. The van der Waals surface area contributed by atoms with E-state index in [0.29, 0.717) is 5.92 Å². The van der Waals surface area contributed by atoms with Crippen molar-refractivity contribution in [1.82, 2.24) is 0 Å². The molecule has 1 aromatic carbocycles. The molecule has 1 aliphatic rings. The standard InChI is InChI=1S/C13H17N3O/c14-16-15-9-13(17)8-10-5-6-11-3-1-2-4-12(11)7-10/h1-4,10,13,17H,5-9H2. The Morgan fingerprint density at radius 3 is 2.94 bits per heavy atom. The summed E-state index contributed by atoms with van der Waals surface area (Å²) in [5.74, 6) is 0.508. The van der Waals surface area contributed by atoms with Gasteiger partial charge in [0.15, 0.2) is 0 Å². The first-order valence-electron chi connectivity index (χ1n) is 6.05. The summed E-state index contributed by atoms with van der Waals surface area (Å²) in [5, 5.41) is 13.1. The molecule has 2 rings (SSSR count). The summed E-state index contributed by atoms with van der Waals surface area (Å²) in [5.41, 5.74) is 11.0. The molecule has 0 saturated carbocycles. The van der Waals surface area contributed by atoms with Crippen molar-refractivity contribution in [2.75, 3.05) is 6.54 Å². The summed E-state index contributed by atoms with van der Waals surface area (Å²) in [7, 11) is 0. The Morgan fingerprint density at radius 2 is 2.18 bits per heavy atom. The Labute approximate surface area is 101 Å². The number of aliphatic hydroxyl groups is 1. The van der Waals surface area contributed by atoms with Crippen molar-refractivity contribution in [3.63, 3.8) is 0 Å². The summed E-state index contributed by atoms with van der Waals surface area (Å²) >= 11 is 0. The lowest BCUT2D eigenvalue weighted by Gasteiger charge is -2.25. The van der Waals surface area contributed by atoms with Crippen LogP contribution in [0.2, 0.25) is 0 Å². The summed E-state index contributed by atoms with van der Waals surface area (Å²) in [6.45, 7) is 0.189. The van der Waals surface area contributed by atoms with Crippen LogP contribution < -0.4 is 0 Å². The van der Waals surface area contributed by atoms with Gasteiger partial charge >= 0.3 is 0 Å². The Balaban J connectivity index is 1.91. The quantitative estimate of drug-likeness (QED) is 0.483. The Kier molecular flexibility index (Phi) is 4.02. The van der Waals surface area contributed by atoms with Crippen LogP contribution in [0.25, 0.3) is 10.4 Å². The Hall–Kier alpha value is -1.51. The van der Waals surface area contributed by atoms with Crippen LogP contribution in [0.15, 0.2) is 29.4 Å². The number of aliphatic hydroxyl groups excluding tert-OH is 1. The van der Waals surface area contributed by atoms with Gasteiger partial charge in [-0.05, 0) is 48.3 Å². The molecule has 0 radical (unpaired) electrons. The second-order valence-electron chi connectivity index (χ2n) is 4.68. The first-order valence-corrected chi connectivity index (χ1v) is 6.05. The highest BCUT2D eigenvalue weighted by Crippen LogP contribution is 2.28. The van der Waals surface area contributed by atoms with Gasteiger partial charge in [0.2, 0.25) is 0 Å². The second-order valence-corrected chi connectivity index (χ2v) is 4.68. The lowest BCUT2D eigenvalue weighted by molar-refractivity contribution is 0.145. The molecule has 17 heavy (non-hydrogen) atoms. The highest BCUT2D eigenvalue weighted by Gasteiger charge is 2.20. The average Bonchev–Trinajstić information content (AvgIpc) is 2.36. The Morgan fingerprint density at radius 1 is 1.41 bits per heavy atom. The first kappa shape index (κ1) is 12.0. The van der Waals surface area contributed by atoms with Crippen LogP contribution in [0.1, 0.15) is 24.0 Å². The smallest absolute Gasteiger partial charge is 0.0599 e. The molecule has 0 aromatic heterocycles. The Bertz CT molecular complexity index is 426. The van der Waals surface area contributed by atoms with Crippen molar-refractivity contribution in [3.05, 3.63) is 45.8 Å². The van der Waals surface area contributed by atoms with Crippen LogP contribution >= 0.6 is 0 Å². The zero-order valence-electron chi connectivity index (χ0n) is 9.79. The minimum Gasteiger partial charge on any atom is -0.393 e. The van der Waals surface area contributed by atoms with Crippen molar-refractivity contribution in [2.24, 2.45) is 11.0 Å². The molecule has 1 aliphatic carbocycles. The van der Waals surface area contributed by atoms with Crippen LogP contribution in [-0.2, 0) is 12.8 Å². The SMILES string of the molecule is [N-]=[N+]=NCC(O)CC1CCc2ccccc2C1. The van der Waals surface area contributed by atoms with E-state index in [1.54, 1.807) is 0 Å². The maximum atomic E-state index is 9.72. The number of benzene rings is 1. The molecule has 2 unspecified atom stereocenters. The van der Waals surface area contributed by atoms with Gasteiger partial charge in [0.25, 0.3) is 0 Å². The normalized spacial score (nSPS) is 20.2. The van der Waals surface area contributed by atoms with E-state index in [1.807, 2.05) is 0 Å². The van der Waals surface area contributed by atoms with Gasteiger partial charge in [-0.25, -0.2) is 0 Å². The number of azide groups is 1. The van der Waals surface area contributed by atoms with Crippen molar-refractivity contribution in [3.8, 4) is 0 Å². The number of aryl methyl sites for hydroxylation is 1. The largest absolute Gasteiger partial charge is 0.393 e. The van der Waals surface area contributed by atoms with Gasteiger partial charge in [-0.1, -0.05) is 29.4 Å². The predicted molar refractivity (Wildman–Crippen MR) is 66.6 cm³/mol. The average molecular weight is 231 g/mol.